The molecule has 0 aromatic carbocycles. The molecule has 0 aliphatic heterocycles. The van der Waals surface area contributed by atoms with Crippen molar-refractivity contribution in [2.45, 2.75) is 239 Å². The van der Waals surface area contributed by atoms with Crippen LogP contribution in [0.5, 0.6) is 0 Å². The minimum absolute atomic E-state index is 0.0666. The molecular formula is C43H82O6. The van der Waals surface area contributed by atoms with Gasteiger partial charge in [-0.2, -0.15) is 0 Å². The Morgan fingerprint density at radius 3 is 1.00 bits per heavy atom. The molecule has 0 rings (SSSR count). The topological polar surface area (TPSA) is 78.9 Å². The van der Waals surface area contributed by atoms with Crippen molar-refractivity contribution in [1.82, 2.24) is 0 Å². The number of unbranched alkanes of at least 4 members (excludes halogenated alkanes) is 25. The van der Waals surface area contributed by atoms with Crippen molar-refractivity contribution in [2.24, 2.45) is 5.92 Å². The van der Waals surface area contributed by atoms with Crippen LogP contribution in [0.1, 0.15) is 233 Å². The largest absolute Gasteiger partial charge is 0.462 e. The number of rotatable bonds is 38. The van der Waals surface area contributed by atoms with Gasteiger partial charge in [0, 0.05) is 19.3 Å². The number of esters is 3. The van der Waals surface area contributed by atoms with Gasteiger partial charge in [-0.3, -0.25) is 14.4 Å². The summed E-state index contributed by atoms with van der Waals surface area (Å²) in [5.74, 6) is -0.0293. The lowest BCUT2D eigenvalue weighted by atomic mass is 10.0. The summed E-state index contributed by atoms with van der Waals surface area (Å²) in [6.07, 6.45) is 35.9. The number of hydrogen-bond acceptors (Lipinski definition) is 6. The van der Waals surface area contributed by atoms with Crippen molar-refractivity contribution in [3.8, 4) is 0 Å². The predicted molar refractivity (Wildman–Crippen MR) is 206 cm³/mol. The van der Waals surface area contributed by atoms with E-state index in [-0.39, 0.29) is 31.1 Å². The molecule has 290 valence electrons. The maximum absolute atomic E-state index is 12.4. The van der Waals surface area contributed by atoms with E-state index in [4.69, 9.17) is 14.2 Å². The van der Waals surface area contributed by atoms with Crippen LogP contribution in [0.25, 0.3) is 0 Å². The molecule has 0 aliphatic carbocycles. The Hall–Kier alpha value is -1.59. The maximum Gasteiger partial charge on any atom is 0.306 e. The van der Waals surface area contributed by atoms with E-state index in [9.17, 15) is 14.4 Å². The molecule has 0 spiro atoms. The van der Waals surface area contributed by atoms with Crippen LogP contribution in [0.15, 0.2) is 0 Å². The third kappa shape index (κ3) is 37.5. The smallest absolute Gasteiger partial charge is 0.306 e. The Morgan fingerprint density at radius 2 is 0.673 bits per heavy atom. The van der Waals surface area contributed by atoms with E-state index in [2.05, 4.69) is 27.7 Å². The molecule has 0 saturated heterocycles. The normalized spacial score (nSPS) is 11.9. The van der Waals surface area contributed by atoms with Crippen molar-refractivity contribution in [3.05, 3.63) is 0 Å². The molecule has 0 bridgehead atoms. The average Bonchev–Trinajstić information content (AvgIpc) is 3.08. The van der Waals surface area contributed by atoms with Crippen LogP contribution in [-0.4, -0.2) is 37.2 Å². The third-order valence-electron chi connectivity index (χ3n) is 9.54. The summed E-state index contributed by atoms with van der Waals surface area (Å²) in [6, 6.07) is 0. The maximum atomic E-state index is 12.4. The summed E-state index contributed by atoms with van der Waals surface area (Å²) >= 11 is 0. The van der Waals surface area contributed by atoms with Crippen molar-refractivity contribution >= 4 is 17.9 Å². The molecule has 0 fully saturated rings. The van der Waals surface area contributed by atoms with Crippen LogP contribution in [0.2, 0.25) is 0 Å². The molecular weight excluding hydrogens is 612 g/mol. The molecule has 6 nitrogen and oxygen atoms in total. The van der Waals surface area contributed by atoms with Gasteiger partial charge in [-0.05, 0) is 25.2 Å². The van der Waals surface area contributed by atoms with Crippen molar-refractivity contribution in [2.75, 3.05) is 13.2 Å². The first-order valence-electron chi connectivity index (χ1n) is 21.4. The van der Waals surface area contributed by atoms with Crippen LogP contribution in [0, 0.1) is 5.92 Å². The van der Waals surface area contributed by atoms with Gasteiger partial charge >= 0.3 is 17.9 Å². The SMILES string of the molecule is CCCCCCCC(=O)OC[C@H](COC(=O)CCCCCCCCCCCCCCCCCCCCC(C)C)OC(=O)CCCCCCC. The minimum Gasteiger partial charge on any atom is -0.462 e. The van der Waals surface area contributed by atoms with Gasteiger partial charge < -0.3 is 14.2 Å². The Kier molecular flexibility index (Phi) is 36.4. The lowest BCUT2D eigenvalue weighted by molar-refractivity contribution is -0.167. The van der Waals surface area contributed by atoms with E-state index in [1.165, 1.54) is 116 Å². The number of hydrogen-bond donors (Lipinski definition) is 0. The van der Waals surface area contributed by atoms with Crippen molar-refractivity contribution in [3.63, 3.8) is 0 Å². The van der Waals surface area contributed by atoms with Gasteiger partial charge in [-0.1, -0.05) is 195 Å². The van der Waals surface area contributed by atoms with Gasteiger partial charge in [0.05, 0.1) is 0 Å². The molecule has 0 heterocycles. The van der Waals surface area contributed by atoms with Crippen LogP contribution in [0.4, 0.5) is 0 Å². The summed E-state index contributed by atoms with van der Waals surface area (Å²) in [5, 5.41) is 0. The first-order chi connectivity index (χ1) is 23.9. The van der Waals surface area contributed by atoms with Gasteiger partial charge in [0.1, 0.15) is 13.2 Å². The monoisotopic (exact) mass is 695 g/mol. The van der Waals surface area contributed by atoms with Gasteiger partial charge in [-0.15, -0.1) is 0 Å². The Morgan fingerprint density at radius 1 is 0.388 bits per heavy atom. The fraction of sp³-hybridized carbons (Fsp3) is 0.930. The molecule has 0 aromatic heterocycles. The van der Waals surface area contributed by atoms with E-state index < -0.39 is 6.10 Å². The summed E-state index contributed by atoms with van der Waals surface area (Å²) < 4.78 is 16.4. The van der Waals surface area contributed by atoms with E-state index in [1.54, 1.807) is 0 Å². The Balaban J connectivity index is 3.92. The molecule has 0 N–H and O–H groups in total. The molecule has 1 atom stereocenters. The zero-order valence-electron chi connectivity index (χ0n) is 33.1. The summed E-state index contributed by atoms with van der Waals surface area (Å²) in [4.78, 5) is 37.0. The van der Waals surface area contributed by atoms with Gasteiger partial charge in [-0.25, -0.2) is 0 Å². The Labute approximate surface area is 304 Å². The van der Waals surface area contributed by atoms with Crippen LogP contribution in [0.3, 0.4) is 0 Å². The molecule has 0 aliphatic rings. The summed E-state index contributed by atoms with van der Waals surface area (Å²) in [6.45, 7) is 8.84. The minimum atomic E-state index is -0.754. The molecule has 49 heavy (non-hydrogen) atoms. The molecule has 0 saturated carbocycles. The highest BCUT2D eigenvalue weighted by molar-refractivity contribution is 5.71. The lowest BCUT2D eigenvalue weighted by Crippen LogP contribution is -2.30. The molecule has 6 heteroatoms. The fourth-order valence-corrected chi connectivity index (χ4v) is 6.27. The number of ether oxygens (including phenoxy) is 3. The molecule has 0 unspecified atom stereocenters. The zero-order valence-corrected chi connectivity index (χ0v) is 33.1. The van der Waals surface area contributed by atoms with Gasteiger partial charge in [0.15, 0.2) is 6.10 Å². The zero-order chi connectivity index (χ0) is 36.0. The van der Waals surface area contributed by atoms with Crippen LogP contribution < -0.4 is 0 Å². The van der Waals surface area contributed by atoms with Gasteiger partial charge in [0.2, 0.25) is 0 Å². The lowest BCUT2D eigenvalue weighted by Gasteiger charge is -2.18. The first-order valence-corrected chi connectivity index (χ1v) is 21.4. The fourth-order valence-electron chi connectivity index (χ4n) is 6.27. The molecule has 0 aromatic rings. The van der Waals surface area contributed by atoms with Crippen molar-refractivity contribution < 1.29 is 28.6 Å². The highest BCUT2D eigenvalue weighted by Gasteiger charge is 2.19. The summed E-state index contributed by atoms with van der Waals surface area (Å²) in [7, 11) is 0. The average molecular weight is 695 g/mol. The standard InChI is InChI=1S/C43H82O6/c1-5-7-9-25-30-34-41(44)47-37-40(49-43(46)36-32-26-10-8-6-2)38-48-42(45)35-31-28-24-22-20-18-16-14-12-11-13-15-17-19-21-23-27-29-33-39(3)4/h39-40H,5-38H2,1-4H3/t40-/m1/s1. The Bertz CT molecular complexity index is 736. The highest BCUT2D eigenvalue weighted by Crippen LogP contribution is 2.16. The number of carbonyl (C=O) groups excluding carboxylic acids is 3. The highest BCUT2D eigenvalue weighted by atomic mass is 16.6. The molecule has 0 radical (unpaired) electrons. The first kappa shape index (κ1) is 47.4. The van der Waals surface area contributed by atoms with E-state index in [0.29, 0.717) is 19.3 Å². The molecule has 0 amide bonds. The van der Waals surface area contributed by atoms with E-state index in [1.807, 2.05) is 0 Å². The quantitative estimate of drug-likeness (QED) is 0.0364. The van der Waals surface area contributed by atoms with Crippen LogP contribution >= 0.6 is 0 Å². The van der Waals surface area contributed by atoms with Gasteiger partial charge in [0.25, 0.3) is 0 Å². The van der Waals surface area contributed by atoms with E-state index >= 15 is 0 Å². The summed E-state index contributed by atoms with van der Waals surface area (Å²) in [5.41, 5.74) is 0. The third-order valence-corrected chi connectivity index (χ3v) is 9.54. The number of carbonyl (C=O) groups is 3. The predicted octanol–water partition coefficient (Wildman–Crippen LogP) is 13.2. The van der Waals surface area contributed by atoms with E-state index in [0.717, 1.165) is 76.5 Å². The second-order valence-electron chi connectivity index (χ2n) is 15.1. The van der Waals surface area contributed by atoms with Crippen LogP contribution in [-0.2, 0) is 28.6 Å². The second-order valence-corrected chi connectivity index (χ2v) is 15.1. The van der Waals surface area contributed by atoms with Crippen molar-refractivity contribution in [1.29, 1.82) is 0 Å². The second kappa shape index (κ2) is 37.7.